The Morgan fingerprint density at radius 3 is 2.93 bits per heavy atom. The lowest BCUT2D eigenvalue weighted by molar-refractivity contribution is 0.475. The van der Waals surface area contributed by atoms with E-state index in [4.69, 9.17) is 0 Å². The van der Waals surface area contributed by atoms with Crippen LogP contribution in [0, 0.1) is 5.92 Å². The van der Waals surface area contributed by atoms with Crippen molar-refractivity contribution in [2.45, 2.75) is 26.7 Å². The third-order valence-corrected chi connectivity index (χ3v) is 2.69. The van der Waals surface area contributed by atoms with Crippen LogP contribution in [0.3, 0.4) is 0 Å². The van der Waals surface area contributed by atoms with Crippen LogP contribution in [-0.4, -0.2) is 17.4 Å². The third kappa shape index (κ3) is 2.20. The molecule has 1 aromatic carbocycles. The Morgan fingerprint density at radius 2 is 2.20 bits per heavy atom. The van der Waals surface area contributed by atoms with Gasteiger partial charge in [-0.1, -0.05) is 19.9 Å². The van der Waals surface area contributed by atoms with E-state index >= 15 is 0 Å². The predicted octanol–water partition coefficient (Wildman–Crippen LogP) is 2.78. The summed E-state index contributed by atoms with van der Waals surface area (Å²) in [7, 11) is 0. The molecule has 0 fully saturated rings. The van der Waals surface area contributed by atoms with E-state index in [-0.39, 0.29) is 0 Å². The van der Waals surface area contributed by atoms with Gasteiger partial charge in [0.1, 0.15) is 5.75 Å². The van der Waals surface area contributed by atoms with Crippen molar-refractivity contribution < 1.29 is 5.11 Å². The fourth-order valence-corrected chi connectivity index (χ4v) is 2.01. The molecule has 1 aromatic rings. The molecule has 0 amide bonds. The minimum Gasteiger partial charge on any atom is -0.508 e. The first-order valence-corrected chi connectivity index (χ1v) is 5.52. The normalized spacial score (nSPS) is 15.0. The van der Waals surface area contributed by atoms with Crippen LogP contribution in [0.1, 0.15) is 31.4 Å². The van der Waals surface area contributed by atoms with E-state index in [2.05, 4.69) is 18.8 Å². The zero-order valence-corrected chi connectivity index (χ0v) is 9.33. The average molecular weight is 203 g/mol. The van der Waals surface area contributed by atoms with Gasteiger partial charge in [-0.2, -0.15) is 0 Å². The molecule has 15 heavy (non-hydrogen) atoms. The second-order valence-corrected chi connectivity index (χ2v) is 4.52. The summed E-state index contributed by atoms with van der Waals surface area (Å²) < 4.78 is 0. The number of benzene rings is 1. The number of aliphatic imine (C=N–C) groups is 1. The van der Waals surface area contributed by atoms with E-state index < -0.39 is 0 Å². The Balaban J connectivity index is 2.36. The molecule has 0 saturated heterocycles. The van der Waals surface area contributed by atoms with Crippen LogP contribution in [0.4, 0.5) is 0 Å². The highest BCUT2D eigenvalue weighted by Crippen LogP contribution is 2.23. The van der Waals surface area contributed by atoms with Crippen LogP contribution < -0.4 is 0 Å². The quantitative estimate of drug-likeness (QED) is 0.787. The van der Waals surface area contributed by atoms with Crippen molar-refractivity contribution >= 4 is 5.71 Å². The Labute approximate surface area is 90.7 Å². The number of hydrogen-bond acceptors (Lipinski definition) is 2. The van der Waals surface area contributed by atoms with E-state index in [0.29, 0.717) is 11.7 Å². The van der Waals surface area contributed by atoms with Crippen LogP contribution in [-0.2, 0) is 6.42 Å². The van der Waals surface area contributed by atoms with Crippen molar-refractivity contribution in [3.63, 3.8) is 0 Å². The molecule has 0 atom stereocenters. The number of fused-ring (bicyclic) bond motifs is 1. The largest absolute Gasteiger partial charge is 0.508 e. The maximum Gasteiger partial charge on any atom is 0.116 e. The molecule has 1 aliphatic heterocycles. The molecule has 0 aromatic heterocycles. The molecule has 0 radical (unpaired) electrons. The second kappa shape index (κ2) is 4.05. The van der Waals surface area contributed by atoms with Crippen molar-refractivity contribution in [2.75, 3.05) is 6.54 Å². The summed E-state index contributed by atoms with van der Waals surface area (Å²) in [5.41, 5.74) is 3.62. The highest BCUT2D eigenvalue weighted by molar-refractivity contribution is 6.02. The molecule has 0 aliphatic carbocycles. The molecule has 1 N–H and O–H groups in total. The van der Waals surface area contributed by atoms with E-state index in [0.717, 1.165) is 30.7 Å². The van der Waals surface area contributed by atoms with Gasteiger partial charge < -0.3 is 5.11 Å². The molecule has 0 spiro atoms. The molecule has 0 bridgehead atoms. The molecule has 0 saturated carbocycles. The Bertz CT molecular complexity index is 394. The summed E-state index contributed by atoms with van der Waals surface area (Å²) in [6.45, 7) is 5.28. The highest BCUT2D eigenvalue weighted by atomic mass is 16.3. The summed E-state index contributed by atoms with van der Waals surface area (Å²) in [6.07, 6.45) is 1.99. The minimum absolute atomic E-state index is 0.340. The lowest BCUT2D eigenvalue weighted by Crippen LogP contribution is -2.14. The van der Waals surface area contributed by atoms with Crippen LogP contribution >= 0.6 is 0 Å². The van der Waals surface area contributed by atoms with Gasteiger partial charge in [-0.25, -0.2) is 0 Å². The van der Waals surface area contributed by atoms with Crippen LogP contribution in [0.25, 0.3) is 0 Å². The van der Waals surface area contributed by atoms with Crippen molar-refractivity contribution in [2.24, 2.45) is 10.9 Å². The molecule has 2 rings (SSSR count). The van der Waals surface area contributed by atoms with Gasteiger partial charge in [0, 0.05) is 17.8 Å². The SMILES string of the molecule is CC(C)CC1=NCCc2ccc(O)cc21. The fraction of sp³-hybridized carbons (Fsp3) is 0.462. The molecular weight excluding hydrogens is 186 g/mol. The van der Waals surface area contributed by atoms with E-state index in [1.807, 2.05) is 12.1 Å². The standard InChI is InChI=1S/C13H17NO/c1-9(2)7-13-12-8-11(15)4-3-10(12)5-6-14-13/h3-4,8-9,15H,5-7H2,1-2H3. The number of hydrogen-bond donors (Lipinski definition) is 1. The molecule has 1 heterocycles. The molecule has 2 nitrogen and oxygen atoms in total. The Hall–Kier alpha value is -1.31. The maximum atomic E-state index is 9.49. The number of phenols is 1. The first kappa shape index (κ1) is 10.2. The Kier molecular flexibility index (Phi) is 2.76. The lowest BCUT2D eigenvalue weighted by atomic mass is 9.92. The van der Waals surface area contributed by atoms with Crippen LogP contribution in [0.15, 0.2) is 23.2 Å². The second-order valence-electron chi connectivity index (χ2n) is 4.52. The van der Waals surface area contributed by atoms with Crippen molar-refractivity contribution in [3.05, 3.63) is 29.3 Å². The number of phenolic OH excluding ortho intramolecular Hbond substituents is 1. The summed E-state index contributed by atoms with van der Waals surface area (Å²) in [5.74, 6) is 0.948. The van der Waals surface area contributed by atoms with Gasteiger partial charge >= 0.3 is 0 Å². The maximum absolute atomic E-state index is 9.49. The van der Waals surface area contributed by atoms with Crippen LogP contribution in [0.5, 0.6) is 5.75 Å². The smallest absolute Gasteiger partial charge is 0.116 e. The summed E-state index contributed by atoms with van der Waals surface area (Å²) in [4.78, 5) is 4.56. The first-order valence-electron chi connectivity index (χ1n) is 5.52. The summed E-state index contributed by atoms with van der Waals surface area (Å²) >= 11 is 0. The van der Waals surface area contributed by atoms with Gasteiger partial charge in [-0.05, 0) is 36.5 Å². The molecule has 0 unspecified atom stereocenters. The minimum atomic E-state index is 0.340. The van der Waals surface area contributed by atoms with Crippen molar-refractivity contribution in [1.82, 2.24) is 0 Å². The van der Waals surface area contributed by atoms with Crippen molar-refractivity contribution in [1.29, 1.82) is 0 Å². The molecule has 2 heteroatoms. The third-order valence-electron chi connectivity index (χ3n) is 2.69. The van der Waals surface area contributed by atoms with Crippen molar-refractivity contribution in [3.8, 4) is 5.75 Å². The van der Waals surface area contributed by atoms with Gasteiger partial charge in [0.05, 0.1) is 0 Å². The van der Waals surface area contributed by atoms with Gasteiger partial charge in [-0.3, -0.25) is 4.99 Å². The molecular formula is C13H17NO. The van der Waals surface area contributed by atoms with E-state index in [9.17, 15) is 5.11 Å². The van der Waals surface area contributed by atoms with E-state index in [1.54, 1.807) is 6.07 Å². The monoisotopic (exact) mass is 203 g/mol. The summed E-state index contributed by atoms with van der Waals surface area (Å²) in [6, 6.07) is 5.62. The number of rotatable bonds is 2. The topological polar surface area (TPSA) is 32.6 Å². The first-order chi connectivity index (χ1) is 7.16. The lowest BCUT2D eigenvalue weighted by Gasteiger charge is -2.18. The van der Waals surface area contributed by atoms with Gasteiger partial charge in [-0.15, -0.1) is 0 Å². The number of aromatic hydroxyl groups is 1. The van der Waals surface area contributed by atoms with Gasteiger partial charge in [0.15, 0.2) is 0 Å². The van der Waals surface area contributed by atoms with Crippen LogP contribution in [0.2, 0.25) is 0 Å². The van der Waals surface area contributed by atoms with Gasteiger partial charge in [0.2, 0.25) is 0 Å². The highest BCUT2D eigenvalue weighted by Gasteiger charge is 2.15. The number of nitrogens with zero attached hydrogens (tertiary/aromatic N) is 1. The van der Waals surface area contributed by atoms with E-state index in [1.165, 1.54) is 5.56 Å². The summed E-state index contributed by atoms with van der Waals surface area (Å²) in [5, 5.41) is 9.49. The molecule has 80 valence electrons. The predicted molar refractivity (Wildman–Crippen MR) is 62.7 cm³/mol. The average Bonchev–Trinajstić information content (AvgIpc) is 2.18. The zero-order valence-electron chi connectivity index (χ0n) is 9.33. The van der Waals surface area contributed by atoms with Gasteiger partial charge in [0.25, 0.3) is 0 Å². The fourth-order valence-electron chi connectivity index (χ4n) is 2.01. The zero-order chi connectivity index (χ0) is 10.8. The molecule has 1 aliphatic rings. The Morgan fingerprint density at radius 1 is 1.40 bits per heavy atom.